The van der Waals surface area contributed by atoms with Crippen LogP contribution in [0.1, 0.15) is 42.3 Å². The molecule has 1 aromatic carbocycles. The summed E-state index contributed by atoms with van der Waals surface area (Å²) in [5, 5.41) is 10.1. The standard InChI is InChI=1S/C15H16ClNO2/c1-8-10-7-9(15(2,3)4)5-6-11(10)17-13(16)12(8)14(18)19/h5-7H,1-4H3,(H,18,19). The van der Waals surface area contributed by atoms with Gasteiger partial charge in [-0.15, -0.1) is 0 Å². The van der Waals surface area contributed by atoms with Gasteiger partial charge in [0.2, 0.25) is 0 Å². The molecular weight excluding hydrogens is 262 g/mol. The quantitative estimate of drug-likeness (QED) is 0.795. The van der Waals surface area contributed by atoms with Crippen LogP contribution in [-0.4, -0.2) is 16.1 Å². The summed E-state index contributed by atoms with van der Waals surface area (Å²) in [6.07, 6.45) is 0. The molecule has 0 aliphatic rings. The van der Waals surface area contributed by atoms with Crippen molar-refractivity contribution in [1.29, 1.82) is 0 Å². The van der Waals surface area contributed by atoms with Crippen molar-refractivity contribution >= 4 is 28.5 Å². The van der Waals surface area contributed by atoms with Crippen LogP contribution in [0.2, 0.25) is 5.15 Å². The van der Waals surface area contributed by atoms with E-state index in [-0.39, 0.29) is 16.1 Å². The molecule has 0 atom stereocenters. The summed E-state index contributed by atoms with van der Waals surface area (Å²) < 4.78 is 0. The zero-order valence-corrected chi connectivity index (χ0v) is 12.2. The zero-order valence-electron chi connectivity index (χ0n) is 11.4. The summed E-state index contributed by atoms with van der Waals surface area (Å²) in [7, 11) is 0. The molecule has 0 radical (unpaired) electrons. The number of fused-ring (bicyclic) bond motifs is 1. The minimum Gasteiger partial charge on any atom is -0.478 e. The predicted molar refractivity (Wildman–Crippen MR) is 77.1 cm³/mol. The molecule has 1 heterocycles. The number of carbonyl (C=O) groups is 1. The number of carboxylic acid groups (broad SMARTS) is 1. The van der Waals surface area contributed by atoms with Gasteiger partial charge in [-0.3, -0.25) is 0 Å². The average Bonchev–Trinajstić information content (AvgIpc) is 2.26. The largest absolute Gasteiger partial charge is 0.478 e. The van der Waals surface area contributed by atoms with E-state index in [0.29, 0.717) is 5.56 Å². The second kappa shape index (κ2) is 4.49. The highest BCUT2D eigenvalue weighted by Crippen LogP contribution is 2.30. The van der Waals surface area contributed by atoms with Gasteiger partial charge < -0.3 is 5.11 Å². The van der Waals surface area contributed by atoms with Crippen LogP contribution in [0.3, 0.4) is 0 Å². The first kappa shape index (κ1) is 13.8. The fourth-order valence-electron chi connectivity index (χ4n) is 2.10. The Labute approximate surface area is 117 Å². The normalized spacial score (nSPS) is 11.8. The number of aromatic carboxylic acids is 1. The van der Waals surface area contributed by atoms with E-state index < -0.39 is 5.97 Å². The Bertz CT molecular complexity index is 672. The monoisotopic (exact) mass is 277 g/mol. The molecule has 100 valence electrons. The van der Waals surface area contributed by atoms with Crippen LogP contribution >= 0.6 is 11.6 Å². The summed E-state index contributed by atoms with van der Waals surface area (Å²) in [5.41, 5.74) is 2.61. The van der Waals surface area contributed by atoms with Crippen LogP contribution < -0.4 is 0 Å². The van der Waals surface area contributed by atoms with Crippen molar-refractivity contribution < 1.29 is 9.90 Å². The summed E-state index contributed by atoms with van der Waals surface area (Å²) in [5.74, 6) is -1.04. The lowest BCUT2D eigenvalue weighted by Crippen LogP contribution is -2.11. The molecular formula is C15H16ClNO2. The summed E-state index contributed by atoms with van der Waals surface area (Å²) in [6.45, 7) is 8.12. The first-order chi connectivity index (χ1) is 8.71. The fraction of sp³-hybridized carbons (Fsp3) is 0.333. The number of carboxylic acids is 1. The highest BCUT2D eigenvalue weighted by molar-refractivity contribution is 6.33. The predicted octanol–water partition coefficient (Wildman–Crippen LogP) is 4.19. The smallest absolute Gasteiger partial charge is 0.339 e. The molecule has 0 spiro atoms. The molecule has 0 aliphatic carbocycles. The van der Waals surface area contributed by atoms with Crippen molar-refractivity contribution in [2.24, 2.45) is 0 Å². The molecule has 0 amide bonds. The summed E-state index contributed by atoms with van der Waals surface area (Å²) >= 11 is 5.94. The minimum absolute atomic E-state index is 0.00362. The molecule has 0 fully saturated rings. The number of nitrogens with zero attached hydrogens (tertiary/aromatic N) is 1. The van der Waals surface area contributed by atoms with E-state index in [1.54, 1.807) is 6.92 Å². The van der Waals surface area contributed by atoms with Crippen LogP contribution in [0.15, 0.2) is 18.2 Å². The maximum absolute atomic E-state index is 11.2. The maximum Gasteiger partial charge on any atom is 0.339 e. The van der Waals surface area contributed by atoms with E-state index >= 15 is 0 Å². The number of aromatic nitrogens is 1. The first-order valence-corrected chi connectivity index (χ1v) is 6.43. The minimum atomic E-state index is -1.04. The number of benzene rings is 1. The van der Waals surface area contributed by atoms with Crippen molar-refractivity contribution in [2.75, 3.05) is 0 Å². The summed E-state index contributed by atoms with van der Waals surface area (Å²) in [4.78, 5) is 15.4. The molecule has 4 heteroatoms. The van der Waals surface area contributed by atoms with E-state index in [2.05, 4.69) is 25.8 Å². The van der Waals surface area contributed by atoms with Crippen LogP contribution in [0.5, 0.6) is 0 Å². The molecule has 3 nitrogen and oxygen atoms in total. The van der Waals surface area contributed by atoms with Crippen LogP contribution in [0.4, 0.5) is 0 Å². The number of rotatable bonds is 1. The van der Waals surface area contributed by atoms with Crippen molar-refractivity contribution in [2.45, 2.75) is 33.1 Å². The molecule has 19 heavy (non-hydrogen) atoms. The fourth-order valence-corrected chi connectivity index (χ4v) is 2.41. The molecule has 1 N–H and O–H groups in total. The van der Waals surface area contributed by atoms with E-state index in [1.807, 2.05) is 18.2 Å². The second-order valence-electron chi connectivity index (χ2n) is 5.69. The third kappa shape index (κ3) is 2.43. The number of hydrogen-bond acceptors (Lipinski definition) is 2. The van der Waals surface area contributed by atoms with E-state index in [1.165, 1.54) is 0 Å². The molecule has 2 rings (SSSR count). The molecule has 0 aliphatic heterocycles. The van der Waals surface area contributed by atoms with E-state index in [4.69, 9.17) is 11.6 Å². The number of aryl methyl sites for hydroxylation is 1. The van der Waals surface area contributed by atoms with Gasteiger partial charge in [0, 0.05) is 5.39 Å². The number of halogens is 1. The molecule has 0 unspecified atom stereocenters. The Kier molecular flexibility index (Phi) is 3.27. The van der Waals surface area contributed by atoms with Gasteiger partial charge in [0.1, 0.15) is 10.7 Å². The van der Waals surface area contributed by atoms with Gasteiger partial charge in [0.25, 0.3) is 0 Å². The Morgan fingerprint density at radius 3 is 2.47 bits per heavy atom. The van der Waals surface area contributed by atoms with Gasteiger partial charge >= 0.3 is 5.97 Å². The first-order valence-electron chi connectivity index (χ1n) is 6.05. The van der Waals surface area contributed by atoms with Crippen molar-refractivity contribution in [3.05, 3.63) is 40.0 Å². The zero-order chi connectivity index (χ0) is 14.4. The third-order valence-electron chi connectivity index (χ3n) is 3.28. The molecule has 1 aromatic heterocycles. The van der Waals surface area contributed by atoms with Crippen molar-refractivity contribution in [3.8, 4) is 0 Å². The SMILES string of the molecule is Cc1c(C(=O)O)c(Cl)nc2ccc(C(C)(C)C)cc12. The molecule has 0 bridgehead atoms. The Morgan fingerprint density at radius 1 is 1.32 bits per heavy atom. The molecule has 0 saturated heterocycles. The Hall–Kier alpha value is -1.61. The second-order valence-corrected chi connectivity index (χ2v) is 6.05. The van der Waals surface area contributed by atoms with Gasteiger partial charge in [0.15, 0.2) is 0 Å². The highest BCUT2D eigenvalue weighted by Gasteiger charge is 2.19. The van der Waals surface area contributed by atoms with Gasteiger partial charge in [-0.25, -0.2) is 9.78 Å². The summed E-state index contributed by atoms with van der Waals surface area (Å²) in [6, 6.07) is 5.90. The van der Waals surface area contributed by atoms with Crippen molar-refractivity contribution in [3.63, 3.8) is 0 Å². The van der Waals surface area contributed by atoms with Gasteiger partial charge in [-0.1, -0.05) is 38.4 Å². The average molecular weight is 278 g/mol. The van der Waals surface area contributed by atoms with Gasteiger partial charge in [-0.05, 0) is 35.6 Å². The van der Waals surface area contributed by atoms with E-state index in [9.17, 15) is 9.90 Å². The Balaban J connectivity index is 2.82. The lowest BCUT2D eigenvalue weighted by Gasteiger charge is -2.20. The molecule has 2 aromatic rings. The molecule has 0 saturated carbocycles. The van der Waals surface area contributed by atoms with Gasteiger partial charge in [-0.2, -0.15) is 0 Å². The van der Waals surface area contributed by atoms with Crippen LogP contribution in [0, 0.1) is 6.92 Å². The number of hydrogen-bond donors (Lipinski definition) is 1. The lowest BCUT2D eigenvalue weighted by atomic mass is 9.86. The lowest BCUT2D eigenvalue weighted by molar-refractivity contribution is 0.0696. The Morgan fingerprint density at radius 2 is 1.95 bits per heavy atom. The van der Waals surface area contributed by atoms with Crippen LogP contribution in [0.25, 0.3) is 10.9 Å². The number of pyridine rings is 1. The third-order valence-corrected chi connectivity index (χ3v) is 3.55. The topological polar surface area (TPSA) is 50.2 Å². The van der Waals surface area contributed by atoms with E-state index in [0.717, 1.165) is 16.5 Å². The maximum atomic E-state index is 11.2. The van der Waals surface area contributed by atoms with Crippen molar-refractivity contribution in [1.82, 2.24) is 4.98 Å². The van der Waals surface area contributed by atoms with Crippen LogP contribution in [-0.2, 0) is 5.41 Å². The highest BCUT2D eigenvalue weighted by atomic mass is 35.5. The van der Waals surface area contributed by atoms with Gasteiger partial charge in [0.05, 0.1) is 5.52 Å².